The Morgan fingerprint density at radius 3 is 2.47 bits per heavy atom. The highest BCUT2D eigenvalue weighted by atomic mass is 79.9. The number of carbonyl (C=O) groups is 1. The Morgan fingerprint density at radius 2 is 1.82 bits per heavy atom. The lowest BCUT2D eigenvalue weighted by molar-refractivity contribution is 0.112. The second kappa shape index (κ2) is 5.10. The quantitative estimate of drug-likeness (QED) is 0.793. The van der Waals surface area contributed by atoms with Crippen molar-refractivity contribution in [2.75, 3.05) is 0 Å². The molecule has 0 saturated heterocycles. The van der Waals surface area contributed by atoms with Gasteiger partial charge >= 0.3 is 0 Å². The molecule has 17 heavy (non-hydrogen) atoms. The van der Waals surface area contributed by atoms with Crippen molar-refractivity contribution in [2.45, 2.75) is 0 Å². The normalized spacial score (nSPS) is 10.0. The molecule has 2 nitrogen and oxygen atoms in total. The van der Waals surface area contributed by atoms with E-state index in [1.54, 1.807) is 18.2 Å². The van der Waals surface area contributed by atoms with E-state index in [0.717, 1.165) is 4.47 Å². The Balaban J connectivity index is 2.31. The van der Waals surface area contributed by atoms with E-state index in [0.29, 0.717) is 23.3 Å². The third-order valence-electron chi connectivity index (χ3n) is 2.14. The maximum atomic E-state index is 12.7. The van der Waals surface area contributed by atoms with Gasteiger partial charge in [-0.15, -0.1) is 0 Å². The van der Waals surface area contributed by atoms with Crippen LogP contribution in [0.4, 0.5) is 4.39 Å². The zero-order valence-electron chi connectivity index (χ0n) is 8.69. The average Bonchev–Trinajstić information content (AvgIpc) is 2.32. The van der Waals surface area contributed by atoms with Gasteiger partial charge in [0.05, 0.1) is 5.56 Å². The lowest BCUT2D eigenvalue weighted by atomic mass is 10.2. The summed E-state index contributed by atoms with van der Waals surface area (Å²) in [6, 6.07) is 10.7. The molecule has 0 atom stereocenters. The highest BCUT2D eigenvalue weighted by molar-refractivity contribution is 9.10. The van der Waals surface area contributed by atoms with Crippen molar-refractivity contribution in [1.29, 1.82) is 0 Å². The molecule has 86 valence electrons. The van der Waals surface area contributed by atoms with Crippen molar-refractivity contribution < 1.29 is 13.9 Å². The molecular formula is C13H8BrFO2. The molecule has 0 aliphatic carbocycles. The molecule has 0 saturated carbocycles. The van der Waals surface area contributed by atoms with Crippen molar-refractivity contribution in [3.8, 4) is 11.5 Å². The molecule has 0 amide bonds. The van der Waals surface area contributed by atoms with Crippen molar-refractivity contribution >= 4 is 22.2 Å². The molecule has 2 rings (SSSR count). The lowest BCUT2D eigenvalue weighted by Crippen LogP contribution is -1.90. The van der Waals surface area contributed by atoms with Gasteiger partial charge < -0.3 is 4.74 Å². The molecule has 0 heterocycles. The lowest BCUT2D eigenvalue weighted by Gasteiger charge is -2.08. The number of carbonyl (C=O) groups excluding carboxylic acids is 1. The molecule has 2 aromatic carbocycles. The van der Waals surface area contributed by atoms with E-state index in [2.05, 4.69) is 15.9 Å². The van der Waals surface area contributed by atoms with Crippen LogP contribution in [0.15, 0.2) is 46.9 Å². The zero-order valence-corrected chi connectivity index (χ0v) is 10.3. The van der Waals surface area contributed by atoms with Gasteiger partial charge in [0.25, 0.3) is 0 Å². The summed E-state index contributed by atoms with van der Waals surface area (Å²) in [4.78, 5) is 10.8. The Kier molecular flexibility index (Phi) is 3.54. The monoisotopic (exact) mass is 294 g/mol. The van der Waals surface area contributed by atoms with Gasteiger partial charge in [-0.05, 0) is 42.5 Å². The summed E-state index contributed by atoms with van der Waals surface area (Å²) in [5.74, 6) is 0.579. The minimum atomic E-state index is -0.331. The smallest absolute Gasteiger partial charge is 0.153 e. The fourth-order valence-corrected chi connectivity index (χ4v) is 1.66. The zero-order chi connectivity index (χ0) is 12.3. The second-order valence-corrected chi connectivity index (χ2v) is 4.27. The molecular weight excluding hydrogens is 287 g/mol. The minimum Gasteiger partial charge on any atom is -0.457 e. The predicted molar refractivity (Wildman–Crippen MR) is 66.0 cm³/mol. The van der Waals surface area contributed by atoms with E-state index in [1.165, 1.54) is 24.3 Å². The second-order valence-electron chi connectivity index (χ2n) is 3.36. The molecule has 0 aliphatic heterocycles. The predicted octanol–water partition coefficient (Wildman–Crippen LogP) is 4.19. The van der Waals surface area contributed by atoms with Crippen LogP contribution in [0.2, 0.25) is 0 Å². The van der Waals surface area contributed by atoms with E-state index in [1.807, 2.05) is 0 Å². The summed E-state index contributed by atoms with van der Waals surface area (Å²) in [6.07, 6.45) is 0.714. The van der Waals surface area contributed by atoms with Crippen LogP contribution >= 0.6 is 15.9 Å². The van der Waals surface area contributed by atoms with Crippen LogP contribution < -0.4 is 4.74 Å². The van der Waals surface area contributed by atoms with E-state index in [9.17, 15) is 9.18 Å². The number of hydrogen-bond donors (Lipinski definition) is 0. The van der Waals surface area contributed by atoms with Crippen molar-refractivity contribution in [1.82, 2.24) is 0 Å². The minimum absolute atomic E-state index is 0.331. The van der Waals surface area contributed by atoms with Gasteiger partial charge in [0.1, 0.15) is 17.3 Å². The molecule has 2 aromatic rings. The van der Waals surface area contributed by atoms with Crippen molar-refractivity contribution in [2.24, 2.45) is 0 Å². The van der Waals surface area contributed by atoms with Gasteiger partial charge in [-0.25, -0.2) is 4.39 Å². The SMILES string of the molecule is O=Cc1ccc(Br)cc1Oc1ccc(F)cc1. The molecule has 0 N–H and O–H groups in total. The first-order valence-electron chi connectivity index (χ1n) is 4.87. The van der Waals surface area contributed by atoms with E-state index >= 15 is 0 Å². The first-order valence-corrected chi connectivity index (χ1v) is 5.66. The van der Waals surface area contributed by atoms with Crippen LogP contribution in [-0.2, 0) is 0 Å². The molecule has 0 unspecified atom stereocenters. The third kappa shape index (κ3) is 2.91. The summed E-state index contributed by atoms with van der Waals surface area (Å²) in [7, 11) is 0. The van der Waals surface area contributed by atoms with Crippen LogP contribution in [0, 0.1) is 5.82 Å². The van der Waals surface area contributed by atoms with Gasteiger partial charge in [-0.1, -0.05) is 15.9 Å². The Bertz CT molecular complexity index is 538. The van der Waals surface area contributed by atoms with Crippen LogP contribution in [0.1, 0.15) is 10.4 Å². The third-order valence-corrected chi connectivity index (χ3v) is 2.64. The number of ether oxygens (including phenoxy) is 1. The van der Waals surface area contributed by atoms with Gasteiger partial charge in [0, 0.05) is 4.47 Å². The first-order chi connectivity index (χ1) is 8.19. The molecule has 0 aliphatic rings. The van der Waals surface area contributed by atoms with Crippen molar-refractivity contribution in [3.63, 3.8) is 0 Å². The van der Waals surface area contributed by atoms with Crippen molar-refractivity contribution in [3.05, 3.63) is 58.3 Å². The van der Waals surface area contributed by atoms with Gasteiger partial charge in [0.2, 0.25) is 0 Å². The fraction of sp³-hybridized carbons (Fsp3) is 0. The van der Waals surface area contributed by atoms with Gasteiger partial charge in [-0.2, -0.15) is 0 Å². The Labute approximate surface area is 106 Å². The standard InChI is InChI=1S/C13H8BrFO2/c14-10-2-1-9(8-16)13(7-10)17-12-5-3-11(15)4-6-12/h1-8H. The largest absolute Gasteiger partial charge is 0.457 e. The molecule has 4 heteroatoms. The highest BCUT2D eigenvalue weighted by Crippen LogP contribution is 2.27. The molecule has 0 bridgehead atoms. The summed E-state index contributed by atoms with van der Waals surface area (Å²) in [5.41, 5.74) is 0.442. The van der Waals surface area contributed by atoms with Gasteiger partial charge in [-0.3, -0.25) is 4.79 Å². The maximum absolute atomic E-state index is 12.7. The molecule has 0 spiro atoms. The van der Waals surface area contributed by atoms with Crippen LogP contribution in [0.3, 0.4) is 0 Å². The van der Waals surface area contributed by atoms with E-state index in [-0.39, 0.29) is 5.82 Å². The van der Waals surface area contributed by atoms with Gasteiger partial charge in [0.15, 0.2) is 6.29 Å². The number of hydrogen-bond acceptors (Lipinski definition) is 2. The number of halogens is 2. The molecule has 0 radical (unpaired) electrons. The summed E-state index contributed by atoms with van der Waals surface area (Å²) in [5, 5.41) is 0. The summed E-state index contributed by atoms with van der Waals surface area (Å²) >= 11 is 3.29. The number of rotatable bonds is 3. The highest BCUT2D eigenvalue weighted by Gasteiger charge is 2.05. The molecule has 0 aromatic heterocycles. The van der Waals surface area contributed by atoms with E-state index in [4.69, 9.17) is 4.74 Å². The molecule has 0 fully saturated rings. The summed E-state index contributed by atoms with van der Waals surface area (Å²) in [6.45, 7) is 0. The first kappa shape index (κ1) is 11.8. The van der Waals surface area contributed by atoms with Crippen LogP contribution in [0.25, 0.3) is 0 Å². The number of benzene rings is 2. The summed E-state index contributed by atoms with van der Waals surface area (Å²) < 4.78 is 19.0. The van der Waals surface area contributed by atoms with Crippen LogP contribution in [-0.4, -0.2) is 6.29 Å². The maximum Gasteiger partial charge on any atom is 0.153 e. The Morgan fingerprint density at radius 1 is 1.12 bits per heavy atom. The Hall–Kier alpha value is -1.68. The topological polar surface area (TPSA) is 26.3 Å². The van der Waals surface area contributed by atoms with E-state index < -0.39 is 0 Å². The average molecular weight is 295 g/mol. The fourth-order valence-electron chi connectivity index (χ4n) is 1.32. The number of aldehydes is 1. The van der Waals surface area contributed by atoms with Crippen LogP contribution in [0.5, 0.6) is 11.5 Å².